The normalized spacial score (nSPS) is 12.5. The van der Waals surface area contributed by atoms with Crippen molar-refractivity contribution in [2.75, 3.05) is 0 Å². The number of nitrogens with one attached hydrogen (secondary N) is 1. The van der Waals surface area contributed by atoms with Gasteiger partial charge in [-0.1, -0.05) is 30.3 Å². The zero-order valence-corrected chi connectivity index (χ0v) is 12.6. The number of nitrogens with two attached hydrogens (primary N) is 1. The number of rotatable bonds is 3. The number of benzene rings is 2. The molecule has 0 aliphatic carbocycles. The van der Waals surface area contributed by atoms with Gasteiger partial charge in [0.2, 0.25) is 5.91 Å². The highest BCUT2D eigenvalue weighted by Gasteiger charge is 2.26. The van der Waals surface area contributed by atoms with Crippen LogP contribution in [-0.2, 0) is 4.79 Å². The number of phenolic OH excluding ortho intramolecular Hbond substituents is 1. The maximum atomic E-state index is 12.1. The minimum atomic E-state index is -0.684. The van der Waals surface area contributed by atoms with Gasteiger partial charge in [-0.15, -0.1) is 0 Å². The van der Waals surface area contributed by atoms with Crippen LogP contribution >= 0.6 is 0 Å². The highest BCUT2D eigenvalue weighted by atomic mass is 16.3. The zero-order chi connectivity index (χ0) is 15.9. The molecule has 1 unspecified atom stereocenters. The van der Waals surface area contributed by atoms with E-state index >= 15 is 0 Å². The number of primary amides is 1. The number of aromatic hydroxyl groups is 1. The Labute approximate surface area is 128 Å². The zero-order valence-electron chi connectivity index (χ0n) is 12.6. The molecule has 0 aliphatic rings. The molecule has 1 heterocycles. The molecular weight excluding hydrogens is 276 g/mol. The van der Waals surface area contributed by atoms with Gasteiger partial charge in [0.25, 0.3) is 0 Å². The third kappa shape index (κ3) is 2.22. The summed E-state index contributed by atoms with van der Waals surface area (Å²) in [7, 11) is 0. The maximum absolute atomic E-state index is 12.1. The summed E-state index contributed by atoms with van der Waals surface area (Å²) in [6.07, 6.45) is 1.80. The predicted octanol–water partition coefficient (Wildman–Crippen LogP) is 3.11. The monoisotopic (exact) mass is 294 g/mol. The van der Waals surface area contributed by atoms with Gasteiger partial charge >= 0.3 is 0 Å². The van der Waals surface area contributed by atoms with Gasteiger partial charge in [-0.2, -0.15) is 0 Å². The Morgan fingerprint density at radius 3 is 2.64 bits per heavy atom. The van der Waals surface area contributed by atoms with E-state index in [1.807, 2.05) is 38.1 Å². The van der Waals surface area contributed by atoms with E-state index in [2.05, 4.69) is 4.98 Å². The molecule has 1 atom stereocenters. The van der Waals surface area contributed by atoms with E-state index in [1.165, 1.54) is 0 Å². The van der Waals surface area contributed by atoms with Crippen LogP contribution in [0.2, 0.25) is 0 Å². The highest BCUT2D eigenvalue weighted by molar-refractivity contribution is 5.95. The largest absolute Gasteiger partial charge is 0.508 e. The standard InChI is InChI=1S/C18H18N2O2/c1-10-6-7-13(15(21)8-10)16(18(19)22)14-9-20-17-11(2)4-3-5-12(14)17/h3-9,16,20-21H,1-2H3,(H2,19,22). The SMILES string of the molecule is Cc1ccc(C(C(N)=O)c2c[nH]c3c(C)cccc23)c(O)c1. The minimum Gasteiger partial charge on any atom is -0.508 e. The molecule has 0 fully saturated rings. The molecule has 4 nitrogen and oxygen atoms in total. The van der Waals surface area contributed by atoms with Crippen LogP contribution in [0.25, 0.3) is 10.9 Å². The van der Waals surface area contributed by atoms with E-state index in [0.29, 0.717) is 5.56 Å². The lowest BCUT2D eigenvalue weighted by Gasteiger charge is -2.15. The second-order valence-corrected chi connectivity index (χ2v) is 5.64. The summed E-state index contributed by atoms with van der Waals surface area (Å²) >= 11 is 0. The van der Waals surface area contributed by atoms with Crippen LogP contribution in [0.1, 0.15) is 28.2 Å². The van der Waals surface area contributed by atoms with Crippen LogP contribution in [0.5, 0.6) is 5.75 Å². The lowest BCUT2D eigenvalue weighted by molar-refractivity contribution is -0.118. The van der Waals surface area contributed by atoms with Crippen LogP contribution in [0.4, 0.5) is 0 Å². The molecule has 3 aromatic rings. The Morgan fingerprint density at radius 2 is 1.95 bits per heavy atom. The van der Waals surface area contributed by atoms with Gasteiger partial charge in [0.15, 0.2) is 0 Å². The van der Waals surface area contributed by atoms with Crippen LogP contribution in [0, 0.1) is 13.8 Å². The third-order valence-corrected chi connectivity index (χ3v) is 4.05. The molecule has 3 rings (SSSR count). The van der Waals surface area contributed by atoms with E-state index in [9.17, 15) is 9.90 Å². The van der Waals surface area contributed by atoms with Crippen molar-refractivity contribution < 1.29 is 9.90 Å². The van der Waals surface area contributed by atoms with Crippen molar-refractivity contribution in [3.8, 4) is 5.75 Å². The Kier molecular flexibility index (Phi) is 3.37. The summed E-state index contributed by atoms with van der Waals surface area (Å²) in [5, 5.41) is 11.2. The molecular formula is C18H18N2O2. The molecule has 0 saturated heterocycles. The number of hydrogen-bond acceptors (Lipinski definition) is 2. The summed E-state index contributed by atoms with van der Waals surface area (Å²) in [5.74, 6) is -1.08. The topological polar surface area (TPSA) is 79.1 Å². The third-order valence-electron chi connectivity index (χ3n) is 4.05. The fraction of sp³-hybridized carbons (Fsp3) is 0.167. The first-order valence-electron chi connectivity index (χ1n) is 7.14. The van der Waals surface area contributed by atoms with Crippen molar-refractivity contribution in [3.63, 3.8) is 0 Å². The van der Waals surface area contributed by atoms with Gasteiger partial charge in [0, 0.05) is 22.7 Å². The molecule has 1 aromatic heterocycles. The summed E-state index contributed by atoms with van der Waals surface area (Å²) < 4.78 is 0. The fourth-order valence-corrected chi connectivity index (χ4v) is 2.94. The van der Waals surface area contributed by atoms with Crippen molar-refractivity contribution in [3.05, 3.63) is 64.8 Å². The number of H-pyrrole nitrogens is 1. The molecule has 112 valence electrons. The second-order valence-electron chi connectivity index (χ2n) is 5.64. The summed E-state index contributed by atoms with van der Waals surface area (Å²) in [5.41, 5.74) is 9.95. The first-order chi connectivity index (χ1) is 10.5. The molecule has 0 aliphatic heterocycles. The van der Waals surface area contributed by atoms with Gasteiger partial charge in [-0.05, 0) is 36.6 Å². The van der Waals surface area contributed by atoms with Gasteiger partial charge in [0.1, 0.15) is 5.75 Å². The lowest BCUT2D eigenvalue weighted by Crippen LogP contribution is -2.22. The summed E-state index contributed by atoms with van der Waals surface area (Å²) in [4.78, 5) is 15.3. The average Bonchev–Trinajstić information content (AvgIpc) is 2.87. The highest BCUT2D eigenvalue weighted by Crippen LogP contribution is 2.36. The molecule has 0 spiro atoms. The van der Waals surface area contributed by atoms with E-state index in [-0.39, 0.29) is 5.75 Å². The van der Waals surface area contributed by atoms with E-state index in [0.717, 1.165) is 27.6 Å². The number of fused-ring (bicyclic) bond motifs is 1. The minimum absolute atomic E-state index is 0.0887. The van der Waals surface area contributed by atoms with E-state index in [4.69, 9.17) is 5.73 Å². The number of hydrogen-bond donors (Lipinski definition) is 3. The first-order valence-corrected chi connectivity index (χ1v) is 7.14. The van der Waals surface area contributed by atoms with Crippen LogP contribution in [0.15, 0.2) is 42.6 Å². The second kappa shape index (κ2) is 5.22. The number of aromatic amines is 1. The molecule has 0 saturated carbocycles. The number of aryl methyl sites for hydroxylation is 2. The van der Waals surface area contributed by atoms with Crippen molar-refractivity contribution in [1.29, 1.82) is 0 Å². The number of aromatic nitrogens is 1. The van der Waals surface area contributed by atoms with Gasteiger partial charge < -0.3 is 15.8 Å². The first kappa shape index (κ1) is 14.2. The lowest BCUT2D eigenvalue weighted by atomic mass is 9.89. The molecule has 22 heavy (non-hydrogen) atoms. The van der Waals surface area contributed by atoms with Gasteiger partial charge in [-0.3, -0.25) is 4.79 Å². The molecule has 4 heteroatoms. The molecule has 4 N–H and O–H groups in total. The Bertz CT molecular complexity index is 865. The van der Waals surface area contributed by atoms with E-state index in [1.54, 1.807) is 18.3 Å². The Hall–Kier alpha value is -2.75. The van der Waals surface area contributed by atoms with E-state index < -0.39 is 11.8 Å². The number of carbonyl (C=O) groups excluding carboxylic acids is 1. The van der Waals surface area contributed by atoms with Crippen LogP contribution < -0.4 is 5.73 Å². The fourth-order valence-electron chi connectivity index (χ4n) is 2.94. The summed E-state index contributed by atoms with van der Waals surface area (Å²) in [6, 6.07) is 11.2. The van der Waals surface area contributed by atoms with Crippen LogP contribution in [0.3, 0.4) is 0 Å². The molecule has 2 aromatic carbocycles. The number of carbonyl (C=O) groups is 1. The van der Waals surface area contributed by atoms with Gasteiger partial charge in [-0.25, -0.2) is 0 Å². The number of para-hydroxylation sites is 1. The Balaban J connectivity index is 2.23. The summed E-state index contributed by atoms with van der Waals surface area (Å²) in [6.45, 7) is 3.89. The smallest absolute Gasteiger partial charge is 0.229 e. The molecule has 0 radical (unpaired) electrons. The van der Waals surface area contributed by atoms with Crippen molar-refractivity contribution in [2.45, 2.75) is 19.8 Å². The quantitative estimate of drug-likeness (QED) is 0.694. The maximum Gasteiger partial charge on any atom is 0.229 e. The predicted molar refractivity (Wildman–Crippen MR) is 86.9 cm³/mol. The van der Waals surface area contributed by atoms with Crippen LogP contribution in [-0.4, -0.2) is 16.0 Å². The molecule has 1 amide bonds. The molecule has 0 bridgehead atoms. The number of amides is 1. The van der Waals surface area contributed by atoms with Crippen molar-refractivity contribution in [1.82, 2.24) is 4.98 Å². The van der Waals surface area contributed by atoms with Gasteiger partial charge in [0.05, 0.1) is 5.92 Å². The average molecular weight is 294 g/mol. The Morgan fingerprint density at radius 1 is 1.18 bits per heavy atom. The van der Waals surface area contributed by atoms with Crippen molar-refractivity contribution >= 4 is 16.8 Å². The van der Waals surface area contributed by atoms with Crippen molar-refractivity contribution in [2.24, 2.45) is 5.73 Å². The number of phenols is 1.